The molecule has 5 nitrogen and oxygen atoms in total. The van der Waals surface area contributed by atoms with E-state index in [-0.39, 0.29) is 6.54 Å². The molecular formula is C8H7NO4. The molecule has 0 radical (unpaired) electrons. The molecule has 0 aromatic carbocycles. The predicted molar refractivity (Wildman–Crippen MR) is 42.1 cm³/mol. The third kappa shape index (κ3) is 2.02. The highest BCUT2D eigenvalue weighted by Gasteiger charge is 2.25. The standard InChI is InChI=1S/C8H7NO4/c1-2-13-8(12)5-9-6(10)3-4-7(9)11/h2-4H,1,5H2. The number of carbonyl (C=O) groups is 3. The average molecular weight is 181 g/mol. The fraction of sp³-hybridized carbons (Fsp3) is 0.125. The molecule has 0 aromatic heterocycles. The Morgan fingerprint density at radius 1 is 1.46 bits per heavy atom. The Balaban J connectivity index is 2.55. The molecule has 0 atom stereocenters. The fourth-order valence-electron chi connectivity index (χ4n) is 0.846. The highest BCUT2D eigenvalue weighted by molar-refractivity contribution is 6.14. The van der Waals surface area contributed by atoms with Crippen LogP contribution in [-0.4, -0.2) is 29.2 Å². The van der Waals surface area contributed by atoms with E-state index in [0.717, 1.165) is 23.3 Å². The van der Waals surface area contributed by atoms with Gasteiger partial charge in [0.25, 0.3) is 11.8 Å². The Labute approximate surface area is 74.3 Å². The van der Waals surface area contributed by atoms with E-state index in [1.54, 1.807) is 0 Å². The lowest BCUT2D eigenvalue weighted by Crippen LogP contribution is -2.35. The monoisotopic (exact) mass is 181 g/mol. The van der Waals surface area contributed by atoms with Crippen molar-refractivity contribution in [3.8, 4) is 0 Å². The van der Waals surface area contributed by atoms with Crippen LogP contribution < -0.4 is 0 Å². The largest absolute Gasteiger partial charge is 0.434 e. The maximum Gasteiger partial charge on any atom is 0.330 e. The van der Waals surface area contributed by atoms with Gasteiger partial charge >= 0.3 is 5.97 Å². The van der Waals surface area contributed by atoms with Crippen molar-refractivity contribution in [2.24, 2.45) is 0 Å². The SMILES string of the molecule is C=COC(=O)CN1C(=O)C=CC1=O. The van der Waals surface area contributed by atoms with Crippen molar-refractivity contribution in [3.05, 3.63) is 25.0 Å². The first-order valence-corrected chi connectivity index (χ1v) is 3.49. The molecule has 1 heterocycles. The van der Waals surface area contributed by atoms with E-state index in [1.807, 2.05) is 0 Å². The van der Waals surface area contributed by atoms with Gasteiger partial charge in [-0.15, -0.1) is 0 Å². The van der Waals surface area contributed by atoms with Gasteiger partial charge in [0.2, 0.25) is 0 Å². The average Bonchev–Trinajstić information content (AvgIpc) is 2.36. The van der Waals surface area contributed by atoms with Crippen molar-refractivity contribution < 1.29 is 19.1 Å². The van der Waals surface area contributed by atoms with E-state index in [4.69, 9.17) is 0 Å². The van der Waals surface area contributed by atoms with Gasteiger partial charge in [-0.3, -0.25) is 14.5 Å². The summed E-state index contributed by atoms with van der Waals surface area (Å²) in [5.74, 6) is -1.71. The summed E-state index contributed by atoms with van der Waals surface area (Å²) in [6.45, 7) is 2.79. The van der Waals surface area contributed by atoms with Crippen molar-refractivity contribution in [1.29, 1.82) is 0 Å². The second-order valence-electron chi connectivity index (χ2n) is 2.25. The molecular weight excluding hydrogens is 174 g/mol. The zero-order valence-corrected chi connectivity index (χ0v) is 6.73. The Morgan fingerprint density at radius 2 is 2.00 bits per heavy atom. The van der Waals surface area contributed by atoms with Crippen LogP contribution in [0.5, 0.6) is 0 Å². The van der Waals surface area contributed by atoms with Crippen molar-refractivity contribution in [2.45, 2.75) is 0 Å². The Kier molecular flexibility index (Phi) is 2.59. The minimum atomic E-state index is -0.694. The van der Waals surface area contributed by atoms with Crippen molar-refractivity contribution in [3.63, 3.8) is 0 Å². The first kappa shape index (κ1) is 9.18. The normalized spacial score (nSPS) is 14.9. The number of imide groups is 1. The van der Waals surface area contributed by atoms with Gasteiger partial charge in [0.05, 0.1) is 6.26 Å². The number of ether oxygens (including phenoxy) is 1. The van der Waals surface area contributed by atoms with Crippen LogP contribution in [-0.2, 0) is 19.1 Å². The summed E-state index contributed by atoms with van der Waals surface area (Å²) in [5, 5.41) is 0. The Morgan fingerprint density at radius 3 is 2.46 bits per heavy atom. The van der Waals surface area contributed by atoms with Crippen molar-refractivity contribution >= 4 is 17.8 Å². The molecule has 0 fully saturated rings. The minimum absolute atomic E-state index is 0.378. The summed E-state index contributed by atoms with van der Waals surface area (Å²) in [5.41, 5.74) is 0. The van der Waals surface area contributed by atoms with Crippen LogP contribution in [0.3, 0.4) is 0 Å². The van der Waals surface area contributed by atoms with Crippen LogP contribution >= 0.6 is 0 Å². The van der Waals surface area contributed by atoms with E-state index >= 15 is 0 Å². The molecule has 0 saturated carbocycles. The van der Waals surface area contributed by atoms with Gasteiger partial charge in [-0.25, -0.2) is 4.79 Å². The lowest BCUT2D eigenvalue weighted by atomic mass is 10.5. The summed E-state index contributed by atoms with van der Waals surface area (Å²) in [4.78, 5) is 33.4. The van der Waals surface area contributed by atoms with Crippen LogP contribution in [0.4, 0.5) is 0 Å². The van der Waals surface area contributed by atoms with E-state index in [9.17, 15) is 14.4 Å². The van der Waals surface area contributed by atoms with E-state index in [1.165, 1.54) is 0 Å². The summed E-state index contributed by atoms with van der Waals surface area (Å²) >= 11 is 0. The minimum Gasteiger partial charge on any atom is -0.434 e. The van der Waals surface area contributed by atoms with E-state index in [0.29, 0.717) is 0 Å². The van der Waals surface area contributed by atoms with Gasteiger partial charge < -0.3 is 4.74 Å². The topological polar surface area (TPSA) is 63.7 Å². The van der Waals surface area contributed by atoms with Gasteiger partial charge in [0, 0.05) is 12.2 Å². The molecule has 0 spiro atoms. The molecule has 13 heavy (non-hydrogen) atoms. The molecule has 0 saturated heterocycles. The van der Waals surface area contributed by atoms with Crippen LogP contribution in [0.15, 0.2) is 25.0 Å². The lowest BCUT2D eigenvalue weighted by molar-refractivity contribution is -0.148. The number of nitrogens with zero attached hydrogens (tertiary/aromatic N) is 1. The summed E-state index contributed by atoms with van der Waals surface area (Å²) in [6.07, 6.45) is 3.15. The summed E-state index contributed by atoms with van der Waals surface area (Å²) in [7, 11) is 0. The molecule has 2 amide bonds. The molecule has 68 valence electrons. The van der Waals surface area contributed by atoms with Crippen LogP contribution in [0.25, 0.3) is 0 Å². The highest BCUT2D eigenvalue weighted by Crippen LogP contribution is 2.02. The first-order valence-electron chi connectivity index (χ1n) is 3.49. The quantitative estimate of drug-likeness (QED) is 0.337. The number of carbonyl (C=O) groups excluding carboxylic acids is 3. The third-order valence-corrected chi connectivity index (χ3v) is 1.40. The van der Waals surface area contributed by atoms with E-state index < -0.39 is 17.8 Å². The van der Waals surface area contributed by atoms with Crippen LogP contribution in [0, 0.1) is 0 Å². The second kappa shape index (κ2) is 3.66. The Bertz CT molecular complexity index is 287. The molecule has 0 bridgehead atoms. The number of hydrogen-bond donors (Lipinski definition) is 0. The number of esters is 1. The van der Waals surface area contributed by atoms with Gasteiger partial charge in [-0.05, 0) is 0 Å². The molecule has 0 aliphatic carbocycles. The van der Waals surface area contributed by atoms with E-state index in [2.05, 4.69) is 11.3 Å². The Hall–Kier alpha value is -1.91. The molecule has 1 aliphatic heterocycles. The molecule has 1 rings (SSSR count). The number of hydrogen-bond acceptors (Lipinski definition) is 4. The number of amides is 2. The van der Waals surface area contributed by atoms with Gasteiger partial charge in [-0.2, -0.15) is 0 Å². The zero-order valence-electron chi connectivity index (χ0n) is 6.73. The third-order valence-electron chi connectivity index (χ3n) is 1.40. The first-order chi connectivity index (χ1) is 6.15. The van der Waals surface area contributed by atoms with Gasteiger partial charge in [-0.1, -0.05) is 6.58 Å². The molecule has 1 aliphatic rings. The molecule has 0 unspecified atom stereocenters. The van der Waals surface area contributed by atoms with Crippen molar-refractivity contribution in [1.82, 2.24) is 4.90 Å². The molecule has 5 heteroatoms. The van der Waals surface area contributed by atoms with Gasteiger partial charge in [0.15, 0.2) is 0 Å². The highest BCUT2D eigenvalue weighted by atomic mass is 16.5. The van der Waals surface area contributed by atoms with Crippen molar-refractivity contribution in [2.75, 3.05) is 6.54 Å². The zero-order chi connectivity index (χ0) is 9.84. The lowest BCUT2D eigenvalue weighted by Gasteiger charge is -2.10. The number of rotatable bonds is 3. The molecule has 0 aromatic rings. The summed E-state index contributed by atoms with van der Waals surface area (Å²) in [6, 6.07) is 0. The fourth-order valence-corrected chi connectivity index (χ4v) is 0.846. The predicted octanol–water partition coefficient (Wildman–Crippen LogP) is -0.402. The molecule has 0 N–H and O–H groups in total. The van der Waals surface area contributed by atoms with Crippen LogP contribution in [0.1, 0.15) is 0 Å². The summed E-state index contributed by atoms with van der Waals surface area (Å²) < 4.78 is 4.35. The maximum atomic E-state index is 10.9. The van der Waals surface area contributed by atoms with Crippen LogP contribution in [0.2, 0.25) is 0 Å². The second-order valence-corrected chi connectivity index (χ2v) is 2.25. The van der Waals surface area contributed by atoms with Gasteiger partial charge in [0.1, 0.15) is 6.54 Å². The smallest absolute Gasteiger partial charge is 0.330 e. The maximum absolute atomic E-state index is 10.9.